The molecule has 0 spiro atoms. The number of pyridine rings is 1. The van der Waals surface area contributed by atoms with Gasteiger partial charge in [0.1, 0.15) is 23.2 Å². The third-order valence-corrected chi connectivity index (χ3v) is 5.14. The number of hydrogen-bond acceptors (Lipinski definition) is 7. The molecule has 1 N–H and O–H groups in total. The summed E-state index contributed by atoms with van der Waals surface area (Å²) >= 11 is 1.76. The predicted octanol–water partition coefficient (Wildman–Crippen LogP) is 7.87. The molecule has 1 saturated heterocycles. The summed E-state index contributed by atoms with van der Waals surface area (Å²) in [7, 11) is 2.36. The molecule has 0 unspecified atom stereocenters. The second-order valence-electron chi connectivity index (χ2n) is 8.78. The third-order valence-electron chi connectivity index (χ3n) is 5.14. The lowest BCUT2D eigenvalue weighted by atomic mass is 10.1. The number of benzene rings is 2. The van der Waals surface area contributed by atoms with Crippen molar-refractivity contribution < 1.29 is 23.6 Å². The Hall–Kier alpha value is -2.24. The molecule has 1 amide bonds. The molecule has 0 aliphatic carbocycles. The number of likely N-dealkylation sites (tertiary alicyclic amines) is 1. The maximum absolute atomic E-state index is 12.4. The van der Waals surface area contributed by atoms with Gasteiger partial charge in [-0.1, -0.05) is 44.2 Å². The maximum atomic E-state index is 12.4. The van der Waals surface area contributed by atoms with Crippen LogP contribution in [0.3, 0.4) is 0 Å². The van der Waals surface area contributed by atoms with Gasteiger partial charge in [-0.05, 0) is 32.9 Å². The third kappa shape index (κ3) is 8.70. The zero-order valence-electron chi connectivity index (χ0n) is 21.7. The summed E-state index contributed by atoms with van der Waals surface area (Å²) in [4.78, 5) is 18.9. The number of carbonyl (C=O) groups is 1. The van der Waals surface area contributed by atoms with E-state index in [0.717, 1.165) is 49.3 Å². The van der Waals surface area contributed by atoms with Crippen molar-refractivity contribution in [3.05, 3.63) is 54.6 Å². The molecule has 3 aromatic rings. The minimum Gasteiger partial charge on any atom is -0.497 e. The molecule has 1 aromatic heterocycles. The van der Waals surface area contributed by atoms with Crippen LogP contribution in [0.25, 0.3) is 22.2 Å². The number of nitrogens with zero attached hydrogens (tertiary/aromatic N) is 2. The van der Waals surface area contributed by atoms with E-state index in [1.54, 1.807) is 33.2 Å². The lowest BCUT2D eigenvalue weighted by Crippen LogP contribution is -2.36. The summed E-state index contributed by atoms with van der Waals surface area (Å²) in [6, 6.07) is 17.8. The molecule has 2 heterocycles. The van der Waals surface area contributed by atoms with Crippen LogP contribution in [-0.4, -0.2) is 52.4 Å². The van der Waals surface area contributed by atoms with E-state index in [1.807, 2.05) is 89.2 Å². The van der Waals surface area contributed by atoms with Gasteiger partial charge >= 0.3 is 6.09 Å². The molecule has 1 aliphatic rings. The minimum absolute atomic E-state index is 0.108. The van der Waals surface area contributed by atoms with Gasteiger partial charge in [-0.25, -0.2) is 9.78 Å². The van der Waals surface area contributed by atoms with E-state index in [1.165, 1.54) is 0 Å². The van der Waals surface area contributed by atoms with Gasteiger partial charge in [-0.3, -0.25) is 0 Å². The molecule has 0 bridgehead atoms. The monoisotopic (exact) mass is 626 g/mol. The molecule has 9 heteroatoms. The molecule has 1 fully saturated rings. The largest absolute Gasteiger partial charge is 0.497 e. The molecule has 7 nitrogen and oxygen atoms in total. The van der Waals surface area contributed by atoms with Gasteiger partial charge in [0, 0.05) is 57.3 Å². The highest BCUT2D eigenvalue weighted by Crippen LogP contribution is 2.33. The fraction of sp³-hybridized carbons (Fsp3) is 0.407. The van der Waals surface area contributed by atoms with E-state index < -0.39 is 5.60 Å². The number of ether oxygens (including phenoxy) is 3. The minimum atomic E-state index is -0.513. The van der Waals surface area contributed by atoms with Crippen LogP contribution in [0.2, 0.25) is 0 Å². The first-order chi connectivity index (χ1) is 17.2. The van der Waals surface area contributed by atoms with Gasteiger partial charge in [-0.2, -0.15) is 0 Å². The van der Waals surface area contributed by atoms with Crippen molar-refractivity contribution in [2.24, 2.45) is 0 Å². The van der Waals surface area contributed by atoms with Crippen LogP contribution in [-0.2, 0) is 4.74 Å². The van der Waals surface area contributed by atoms with Crippen LogP contribution in [0.4, 0.5) is 4.79 Å². The number of aromatic nitrogens is 1. The van der Waals surface area contributed by atoms with Gasteiger partial charge in [0.25, 0.3) is 0 Å². The van der Waals surface area contributed by atoms with E-state index in [0.29, 0.717) is 13.1 Å². The van der Waals surface area contributed by atoms with E-state index >= 15 is 0 Å². The quantitative estimate of drug-likeness (QED) is 0.233. The smallest absolute Gasteiger partial charge is 0.410 e. The SMILES string of the molecule is CC.COc1ccc2c(O[C@@H]3CCN(C(=O)OC(C)(C)C)C3)cc(-c3ccccc3)nc2c1.OSI. The van der Waals surface area contributed by atoms with Crippen LogP contribution >= 0.6 is 30.4 Å². The van der Waals surface area contributed by atoms with Gasteiger partial charge in [0.15, 0.2) is 0 Å². The number of hydrogen-bond donors (Lipinski definition) is 1. The lowest BCUT2D eigenvalue weighted by molar-refractivity contribution is 0.0276. The van der Waals surface area contributed by atoms with Crippen LogP contribution in [0.1, 0.15) is 41.0 Å². The molecule has 0 radical (unpaired) electrons. The Morgan fingerprint density at radius 3 is 2.42 bits per heavy atom. The number of halogens is 1. The van der Waals surface area contributed by atoms with Crippen molar-refractivity contribution >= 4 is 47.4 Å². The van der Waals surface area contributed by atoms with Crippen LogP contribution in [0, 0.1) is 0 Å². The standard InChI is InChI=1S/C25H28N2O4.C2H6.HIOS/c1-25(2,3)31-24(28)27-13-12-19(16-27)30-23-15-21(17-8-6-5-7-9-17)26-22-14-18(29-4)10-11-20(22)23;1-2;1-3-2/h5-11,14-15,19H,12-13,16H2,1-4H3;1-2H3;2H/t19-;;/m1../s1. The predicted molar refractivity (Wildman–Crippen MR) is 156 cm³/mol. The van der Waals surface area contributed by atoms with Crippen molar-refractivity contribution in [3.63, 3.8) is 0 Å². The fourth-order valence-electron chi connectivity index (χ4n) is 3.65. The van der Waals surface area contributed by atoms with Crippen LogP contribution in [0.15, 0.2) is 54.6 Å². The molecule has 196 valence electrons. The van der Waals surface area contributed by atoms with Crippen molar-refractivity contribution in [1.82, 2.24) is 9.88 Å². The summed E-state index contributed by atoms with van der Waals surface area (Å²) < 4.78 is 24.8. The normalized spacial score (nSPS) is 14.8. The second kappa shape index (κ2) is 14.5. The molecule has 4 rings (SSSR count). The summed E-state index contributed by atoms with van der Waals surface area (Å²) in [6.45, 7) is 10.7. The average molecular weight is 627 g/mol. The van der Waals surface area contributed by atoms with Crippen molar-refractivity contribution in [1.29, 1.82) is 0 Å². The van der Waals surface area contributed by atoms with Gasteiger partial charge in [-0.15, -0.1) is 0 Å². The summed E-state index contributed by atoms with van der Waals surface area (Å²) in [6.07, 6.45) is 0.344. The molecular weight excluding hydrogens is 591 g/mol. The lowest BCUT2D eigenvalue weighted by Gasteiger charge is -2.24. The number of rotatable bonds is 4. The topological polar surface area (TPSA) is 81.1 Å². The van der Waals surface area contributed by atoms with Crippen LogP contribution in [0.5, 0.6) is 11.5 Å². The van der Waals surface area contributed by atoms with E-state index in [-0.39, 0.29) is 12.2 Å². The Morgan fingerprint density at radius 1 is 1.14 bits per heavy atom. The highest BCUT2D eigenvalue weighted by atomic mass is 127. The van der Waals surface area contributed by atoms with E-state index in [9.17, 15) is 4.79 Å². The molecular formula is C27H35IN2O5S. The number of fused-ring (bicyclic) bond motifs is 1. The first-order valence-electron chi connectivity index (χ1n) is 11.8. The highest BCUT2D eigenvalue weighted by Gasteiger charge is 2.31. The molecule has 1 aliphatic heterocycles. The Morgan fingerprint density at radius 2 is 1.81 bits per heavy atom. The summed E-state index contributed by atoms with van der Waals surface area (Å²) in [5.41, 5.74) is 2.14. The molecule has 2 aromatic carbocycles. The Kier molecular flexibility index (Phi) is 12.1. The Balaban J connectivity index is 0.000000850. The molecule has 0 saturated carbocycles. The zero-order valence-corrected chi connectivity index (χ0v) is 24.6. The second-order valence-corrected chi connectivity index (χ2v) is 10.1. The maximum Gasteiger partial charge on any atom is 0.410 e. The van der Waals surface area contributed by atoms with Gasteiger partial charge in [0.05, 0.1) is 34.1 Å². The number of carbonyl (C=O) groups excluding carboxylic acids is 1. The van der Waals surface area contributed by atoms with Gasteiger partial charge < -0.3 is 23.7 Å². The van der Waals surface area contributed by atoms with E-state index in [4.69, 9.17) is 23.7 Å². The number of amides is 1. The molecule has 36 heavy (non-hydrogen) atoms. The fourth-order valence-corrected chi connectivity index (χ4v) is 3.65. The average Bonchev–Trinajstić information content (AvgIpc) is 3.33. The highest BCUT2D eigenvalue weighted by molar-refractivity contribution is 14.2. The Bertz CT molecular complexity index is 1110. The summed E-state index contributed by atoms with van der Waals surface area (Å²) in [5.74, 6) is 1.50. The van der Waals surface area contributed by atoms with Crippen molar-refractivity contribution in [3.8, 4) is 22.8 Å². The van der Waals surface area contributed by atoms with Gasteiger partial charge in [0.2, 0.25) is 0 Å². The first kappa shape index (κ1) is 30.0. The van der Waals surface area contributed by atoms with Crippen LogP contribution < -0.4 is 9.47 Å². The van der Waals surface area contributed by atoms with E-state index in [2.05, 4.69) is 0 Å². The molecule has 1 atom stereocenters. The summed E-state index contributed by atoms with van der Waals surface area (Å²) in [5, 5.41) is 0.913. The van der Waals surface area contributed by atoms with Crippen molar-refractivity contribution in [2.45, 2.75) is 52.7 Å². The Labute approximate surface area is 230 Å². The first-order valence-corrected chi connectivity index (χ1v) is 15.2. The van der Waals surface area contributed by atoms with Crippen molar-refractivity contribution in [2.75, 3.05) is 20.2 Å². The number of methoxy groups -OCH3 is 1. The zero-order chi connectivity index (χ0) is 26.7.